The Balaban J connectivity index is 4.34. The third kappa shape index (κ3) is 5.09. The molecule has 0 spiro atoms. The summed E-state index contributed by atoms with van der Waals surface area (Å²) in [7, 11) is 0. The van der Waals surface area contributed by atoms with Crippen LogP contribution < -0.4 is 0 Å². The van der Waals surface area contributed by atoms with Gasteiger partial charge in [0.05, 0.1) is 0 Å². The van der Waals surface area contributed by atoms with Gasteiger partial charge in [-0.25, -0.2) is 0 Å². The molecule has 0 aromatic heterocycles. The summed E-state index contributed by atoms with van der Waals surface area (Å²) in [6.45, 7) is 14.4. The zero-order chi connectivity index (χ0) is 10.6. The van der Waals surface area contributed by atoms with Crippen LogP contribution in [0.15, 0.2) is 0 Å². The molecule has 0 amide bonds. The van der Waals surface area contributed by atoms with Crippen LogP contribution in [0.25, 0.3) is 0 Å². The molecule has 80 valence electrons. The van der Waals surface area contributed by atoms with E-state index in [1.165, 1.54) is 0 Å². The van der Waals surface area contributed by atoms with Crippen LogP contribution in [0.5, 0.6) is 0 Å². The second-order valence-corrected chi connectivity index (χ2v) is 17.1. The van der Waals surface area contributed by atoms with Gasteiger partial charge in [0.15, 0.2) is 0 Å². The molecule has 0 rings (SSSR count). The van der Waals surface area contributed by atoms with Crippen LogP contribution in [0.2, 0.25) is 21.0 Å². The molecular formula is C12H28Ge. The Kier molecular flexibility index (Phi) is 5.66. The monoisotopic (exact) mass is 246 g/mol. The fourth-order valence-corrected chi connectivity index (χ4v) is 12.6. The van der Waals surface area contributed by atoms with Gasteiger partial charge >= 0.3 is 87.7 Å². The molecular weight excluding hydrogens is 217 g/mol. The van der Waals surface area contributed by atoms with E-state index in [1.807, 2.05) is 0 Å². The van der Waals surface area contributed by atoms with E-state index >= 15 is 0 Å². The SMILES string of the molecule is CC(C)[CH2][Ge]([CH3])([CH2]C(C)C)[CH](C)C. The molecule has 0 radical (unpaired) electrons. The predicted molar refractivity (Wildman–Crippen MR) is 66.0 cm³/mol. The van der Waals surface area contributed by atoms with E-state index in [2.05, 4.69) is 47.3 Å². The van der Waals surface area contributed by atoms with Crippen LogP contribution in [0, 0.1) is 11.8 Å². The molecule has 13 heavy (non-hydrogen) atoms. The van der Waals surface area contributed by atoms with Gasteiger partial charge in [-0.1, -0.05) is 0 Å². The van der Waals surface area contributed by atoms with E-state index < -0.39 is 13.3 Å². The molecule has 0 saturated carbocycles. The molecule has 0 fully saturated rings. The van der Waals surface area contributed by atoms with Crippen molar-refractivity contribution in [3.63, 3.8) is 0 Å². The molecule has 0 aliphatic heterocycles. The average molecular weight is 245 g/mol. The van der Waals surface area contributed by atoms with Crippen molar-refractivity contribution in [2.75, 3.05) is 0 Å². The molecule has 0 aromatic rings. The number of rotatable bonds is 5. The molecule has 0 saturated heterocycles. The fourth-order valence-electron chi connectivity index (χ4n) is 2.42. The molecule has 0 nitrogen and oxygen atoms in total. The van der Waals surface area contributed by atoms with Crippen LogP contribution in [0.4, 0.5) is 0 Å². The van der Waals surface area contributed by atoms with Gasteiger partial charge in [0.2, 0.25) is 0 Å². The predicted octanol–water partition coefficient (Wildman–Crippen LogP) is 4.79. The minimum absolute atomic E-state index is 0.908. The first kappa shape index (κ1) is 13.5. The first-order chi connectivity index (χ1) is 5.78. The first-order valence-corrected chi connectivity index (χ1v) is 12.1. The Bertz CT molecular complexity index is 126. The molecule has 0 bridgehead atoms. The van der Waals surface area contributed by atoms with E-state index in [0.29, 0.717) is 0 Å². The summed E-state index contributed by atoms with van der Waals surface area (Å²) in [4.78, 5) is 0. The maximum atomic E-state index is 2.64. The zero-order valence-electron chi connectivity index (χ0n) is 10.6. The Hall–Kier alpha value is 0.543. The summed E-state index contributed by atoms with van der Waals surface area (Å²) >= 11 is -1.48. The van der Waals surface area contributed by atoms with Crippen molar-refractivity contribution in [3.05, 3.63) is 0 Å². The fraction of sp³-hybridized carbons (Fsp3) is 1.00. The van der Waals surface area contributed by atoms with Crippen LogP contribution in [0.1, 0.15) is 41.5 Å². The van der Waals surface area contributed by atoms with Crippen LogP contribution in [-0.2, 0) is 0 Å². The van der Waals surface area contributed by atoms with E-state index in [9.17, 15) is 0 Å². The Morgan fingerprint density at radius 3 is 1.23 bits per heavy atom. The van der Waals surface area contributed by atoms with E-state index in [-0.39, 0.29) is 0 Å². The summed E-state index contributed by atoms with van der Waals surface area (Å²) in [5.41, 5.74) is 0. The Morgan fingerprint density at radius 1 is 0.769 bits per heavy atom. The second kappa shape index (κ2) is 5.43. The van der Waals surface area contributed by atoms with Gasteiger partial charge in [0.25, 0.3) is 0 Å². The van der Waals surface area contributed by atoms with Crippen molar-refractivity contribution >= 4 is 13.3 Å². The van der Waals surface area contributed by atoms with Crippen LogP contribution in [0.3, 0.4) is 0 Å². The van der Waals surface area contributed by atoms with Gasteiger partial charge in [0, 0.05) is 0 Å². The van der Waals surface area contributed by atoms with E-state index in [0.717, 1.165) is 16.6 Å². The molecule has 0 heterocycles. The van der Waals surface area contributed by atoms with Crippen molar-refractivity contribution in [2.24, 2.45) is 11.8 Å². The standard InChI is InChI=1S/C12H28Ge/c1-10(2)8-13(7,12(5)6)9-11(3)4/h10-12H,8-9H2,1-7H3. The Labute approximate surface area is 87.9 Å². The van der Waals surface area contributed by atoms with E-state index in [4.69, 9.17) is 0 Å². The molecule has 0 aliphatic carbocycles. The van der Waals surface area contributed by atoms with Crippen LogP contribution in [-0.4, -0.2) is 13.3 Å². The third-order valence-electron chi connectivity index (χ3n) is 3.14. The van der Waals surface area contributed by atoms with Gasteiger partial charge < -0.3 is 0 Å². The second-order valence-electron chi connectivity index (χ2n) is 6.00. The molecule has 0 aromatic carbocycles. The molecule has 0 atom stereocenters. The number of hydrogen-bond donors (Lipinski definition) is 0. The first-order valence-electron chi connectivity index (χ1n) is 5.78. The normalized spacial score (nSPS) is 13.4. The average Bonchev–Trinajstić information content (AvgIpc) is 1.82. The summed E-state index contributed by atoms with van der Waals surface area (Å²) in [5, 5.41) is 3.10. The molecule has 0 aliphatic rings. The van der Waals surface area contributed by atoms with Gasteiger partial charge in [-0.05, 0) is 0 Å². The van der Waals surface area contributed by atoms with Crippen LogP contribution >= 0.6 is 0 Å². The maximum absolute atomic E-state index is 2.64. The third-order valence-corrected chi connectivity index (χ3v) is 16.3. The van der Waals surface area contributed by atoms with E-state index in [1.54, 1.807) is 10.5 Å². The topological polar surface area (TPSA) is 0 Å². The summed E-state index contributed by atoms with van der Waals surface area (Å²) in [6.07, 6.45) is 0. The molecule has 0 N–H and O–H groups in total. The number of hydrogen-bond acceptors (Lipinski definition) is 0. The van der Waals surface area contributed by atoms with Crippen molar-refractivity contribution < 1.29 is 0 Å². The quantitative estimate of drug-likeness (QED) is 0.611. The van der Waals surface area contributed by atoms with Gasteiger partial charge in [-0.3, -0.25) is 0 Å². The zero-order valence-corrected chi connectivity index (χ0v) is 12.7. The molecule has 1 heteroatoms. The van der Waals surface area contributed by atoms with Gasteiger partial charge in [-0.15, -0.1) is 0 Å². The molecule has 0 unspecified atom stereocenters. The van der Waals surface area contributed by atoms with Gasteiger partial charge in [-0.2, -0.15) is 0 Å². The van der Waals surface area contributed by atoms with Gasteiger partial charge in [0.1, 0.15) is 0 Å². The van der Waals surface area contributed by atoms with Crippen molar-refractivity contribution in [3.8, 4) is 0 Å². The van der Waals surface area contributed by atoms with Crippen molar-refractivity contribution in [2.45, 2.75) is 62.6 Å². The summed E-state index contributed by atoms with van der Waals surface area (Å²) in [6, 6.07) is 0. The Morgan fingerprint density at radius 2 is 1.08 bits per heavy atom. The minimum atomic E-state index is -1.48. The summed E-state index contributed by atoms with van der Waals surface area (Å²) in [5.74, 6) is 4.46. The van der Waals surface area contributed by atoms with Crippen molar-refractivity contribution in [1.29, 1.82) is 0 Å². The van der Waals surface area contributed by atoms with Crippen molar-refractivity contribution in [1.82, 2.24) is 0 Å². The summed E-state index contributed by atoms with van der Waals surface area (Å²) < 4.78 is 0.991.